The molecule has 1 unspecified atom stereocenters. The van der Waals surface area contributed by atoms with Crippen molar-refractivity contribution in [1.82, 2.24) is 10.0 Å². The van der Waals surface area contributed by atoms with Gasteiger partial charge >= 0.3 is 0 Å². The first-order valence-corrected chi connectivity index (χ1v) is 7.84. The second-order valence-corrected chi connectivity index (χ2v) is 7.31. The summed E-state index contributed by atoms with van der Waals surface area (Å²) < 4.78 is 24.8. The Labute approximate surface area is 110 Å². The molecule has 0 heterocycles. The fraction of sp³-hybridized carbons (Fsp3) is 0.909. The van der Waals surface area contributed by atoms with E-state index in [1.54, 1.807) is 13.8 Å². The molecule has 0 saturated carbocycles. The van der Waals surface area contributed by atoms with Gasteiger partial charge in [-0.25, -0.2) is 13.1 Å². The Hall–Kier alpha value is -0.660. The Morgan fingerprint density at radius 3 is 2.17 bits per heavy atom. The molecule has 7 heteroatoms. The van der Waals surface area contributed by atoms with Crippen LogP contribution in [0.15, 0.2) is 0 Å². The van der Waals surface area contributed by atoms with E-state index < -0.39 is 15.6 Å². The summed E-state index contributed by atoms with van der Waals surface area (Å²) in [6, 6.07) is 0. The normalized spacial score (nSPS) is 14.6. The summed E-state index contributed by atoms with van der Waals surface area (Å²) in [5.41, 5.74) is 4.82. The zero-order valence-electron chi connectivity index (χ0n) is 11.8. The third-order valence-electron chi connectivity index (χ3n) is 2.56. The van der Waals surface area contributed by atoms with Crippen molar-refractivity contribution in [2.45, 2.75) is 33.2 Å². The lowest BCUT2D eigenvalue weighted by molar-refractivity contribution is -0.126. The fourth-order valence-electron chi connectivity index (χ4n) is 1.66. The summed E-state index contributed by atoms with van der Waals surface area (Å²) >= 11 is 0. The minimum Gasteiger partial charge on any atom is -0.354 e. The molecule has 1 amide bonds. The predicted octanol–water partition coefficient (Wildman–Crippen LogP) is -0.339. The lowest BCUT2D eigenvalue weighted by Crippen LogP contribution is -2.52. The maximum atomic E-state index is 11.9. The van der Waals surface area contributed by atoms with Crippen LogP contribution in [0.3, 0.4) is 0 Å². The molecule has 0 aromatic rings. The quantitative estimate of drug-likeness (QED) is 0.593. The lowest BCUT2D eigenvalue weighted by Gasteiger charge is -2.27. The van der Waals surface area contributed by atoms with Gasteiger partial charge in [0.05, 0.1) is 12.2 Å². The Bertz CT molecular complexity index is 377. The van der Waals surface area contributed by atoms with Gasteiger partial charge in [-0.2, -0.15) is 0 Å². The summed E-state index contributed by atoms with van der Waals surface area (Å²) in [7, 11) is -3.30. The number of nitrogens with two attached hydrogens (primary N) is 1. The van der Waals surface area contributed by atoms with Crippen LogP contribution >= 0.6 is 0 Å². The number of amides is 1. The average Bonchev–Trinajstić information content (AvgIpc) is 2.11. The van der Waals surface area contributed by atoms with Crippen LogP contribution in [0.5, 0.6) is 0 Å². The van der Waals surface area contributed by atoms with E-state index in [1.165, 1.54) is 0 Å². The monoisotopic (exact) mass is 279 g/mol. The van der Waals surface area contributed by atoms with Gasteiger partial charge < -0.3 is 11.1 Å². The molecule has 0 saturated heterocycles. The molecule has 0 aliphatic rings. The molecule has 1 atom stereocenters. The van der Waals surface area contributed by atoms with E-state index in [2.05, 4.69) is 10.0 Å². The molecule has 6 nitrogen and oxygen atoms in total. The van der Waals surface area contributed by atoms with Crippen molar-refractivity contribution in [3.63, 3.8) is 0 Å². The lowest BCUT2D eigenvalue weighted by atomic mass is 9.95. The van der Waals surface area contributed by atoms with E-state index >= 15 is 0 Å². The van der Waals surface area contributed by atoms with Crippen molar-refractivity contribution < 1.29 is 13.2 Å². The van der Waals surface area contributed by atoms with Crippen molar-refractivity contribution in [2.75, 3.05) is 19.3 Å². The summed E-state index contributed by atoms with van der Waals surface area (Å²) in [5, 5.41) is 2.73. The average molecular weight is 279 g/mol. The number of carbonyl (C=O) groups excluding carboxylic acids is 1. The molecule has 0 aliphatic carbocycles. The summed E-state index contributed by atoms with van der Waals surface area (Å²) in [4.78, 5) is 11.9. The maximum absolute atomic E-state index is 11.9. The van der Waals surface area contributed by atoms with Crippen LogP contribution in [-0.4, -0.2) is 39.2 Å². The largest absolute Gasteiger partial charge is 0.354 e. The third kappa shape index (κ3) is 6.93. The first kappa shape index (κ1) is 17.3. The van der Waals surface area contributed by atoms with Crippen molar-refractivity contribution in [3.05, 3.63) is 0 Å². The van der Waals surface area contributed by atoms with Crippen LogP contribution in [0.4, 0.5) is 0 Å². The van der Waals surface area contributed by atoms with E-state index in [9.17, 15) is 13.2 Å². The smallest absolute Gasteiger partial charge is 0.224 e. The van der Waals surface area contributed by atoms with Gasteiger partial charge in [-0.15, -0.1) is 0 Å². The molecular formula is C11H25N3O3S. The zero-order valence-corrected chi connectivity index (χ0v) is 12.6. The van der Waals surface area contributed by atoms with Gasteiger partial charge in [-0.1, -0.05) is 13.8 Å². The second-order valence-electron chi connectivity index (χ2n) is 5.56. The number of hydrogen-bond donors (Lipinski definition) is 3. The van der Waals surface area contributed by atoms with Crippen molar-refractivity contribution >= 4 is 15.9 Å². The van der Waals surface area contributed by atoms with Gasteiger partial charge in [0, 0.05) is 18.6 Å². The number of rotatable bonds is 7. The fourth-order valence-corrected chi connectivity index (χ4v) is 2.74. The highest BCUT2D eigenvalue weighted by Crippen LogP contribution is 2.10. The molecule has 0 bridgehead atoms. The van der Waals surface area contributed by atoms with Crippen molar-refractivity contribution in [3.8, 4) is 0 Å². The highest BCUT2D eigenvalue weighted by molar-refractivity contribution is 7.88. The molecule has 0 aromatic heterocycles. The van der Waals surface area contributed by atoms with Crippen molar-refractivity contribution in [2.24, 2.45) is 17.6 Å². The standard InChI is InChI=1S/C11H25N3O3S/c1-8(2)9(6-12)10(15)13-7-11(3,4)14-18(5,16)17/h8-9,14H,6-7,12H2,1-5H3,(H,13,15). The van der Waals surface area contributed by atoms with E-state index in [1.807, 2.05) is 13.8 Å². The Morgan fingerprint density at radius 1 is 1.33 bits per heavy atom. The van der Waals surface area contributed by atoms with Gasteiger partial charge in [-0.05, 0) is 19.8 Å². The van der Waals surface area contributed by atoms with Gasteiger partial charge in [0.2, 0.25) is 15.9 Å². The van der Waals surface area contributed by atoms with E-state index in [-0.39, 0.29) is 30.8 Å². The Morgan fingerprint density at radius 2 is 1.83 bits per heavy atom. The minimum absolute atomic E-state index is 0.143. The molecule has 4 N–H and O–H groups in total. The molecule has 108 valence electrons. The molecule has 0 fully saturated rings. The highest BCUT2D eigenvalue weighted by Gasteiger charge is 2.25. The Balaban J connectivity index is 4.44. The number of sulfonamides is 1. The Kier molecular flexibility index (Phi) is 6.25. The van der Waals surface area contributed by atoms with Gasteiger partial charge in [-0.3, -0.25) is 4.79 Å². The van der Waals surface area contributed by atoms with Gasteiger partial charge in [0.25, 0.3) is 0 Å². The predicted molar refractivity (Wildman–Crippen MR) is 72.5 cm³/mol. The molecule has 0 aromatic carbocycles. The first-order chi connectivity index (χ1) is 7.98. The summed E-state index contributed by atoms with van der Waals surface area (Å²) in [6.45, 7) is 7.78. The zero-order chi connectivity index (χ0) is 14.6. The summed E-state index contributed by atoms with van der Waals surface area (Å²) in [5.74, 6) is -0.240. The topological polar surface area (TPSA) is 101 Å². The van der Waals surface area contributed by atoms with E-state index in [0.717, 1.165) is 6.26 Å². The maximum Gasteiger partial charge on any atom is 0.224 e. The highest BCUT2D eigenvalue weighted by atomic mass is 32.2. The molecular weight excluding hydrogens is 254 g/mol. The minimum atomic E-state index is -3.30. The van der Waals surface area contributed by atoms with Crippen LogP contribution in [0, 0.1) is 11.8 Å². The van der Waals surface area contributed by atoms with Crippen molar-refractivity contribution in [1.29, 1.82) is 0 Å². The molecule has 0 radical (unpaired) electrons. The van der Waals surface area contributed by atoms with E-state index in [0.29, 0.717) is 0 Å². The first-order valence-electron chi connectivity index (χ1n) is 5.95. The third-order valence-corrected chi connectivity index (χ3v) is 3.49. The molecule has 0 aliphatic heterocycles. The van der Waals surface area contributed by atoms with Crippen LogP contribution in [0.1, 0.15) is 27.7 Å². The van der Waals surface area contributed by atoms with Gasteiger partial charge in [0.15, 0.2) is 0 Å². The number of nitrogens with one attached hydrogen (secondary N) is 2. The SMILES string of the molecule is CC(C)C(CN)C(=O)NCC(C)(C)NS(C)(=O)=O. The van der Waals surface area contributed by atoms with Crippen LogP contribution in [0.2, 0.25) is 0 Å². The van der Waals surface area contributed by atoms with E-state index in [4.69, 9.17) is 5.73 Å². The second kappa shape index (κ2) is 6.49. The van der Waals surface area contributed by atoms with Crippen LogP contribution in [0.25, 0.3) is 0 Å². The number of hydrogen-bond acceptors (Lipinski definition) is 4. The summed E-state index contributed by atoms with van der Waals surface area (Å²) in [6.07, 6.45) is 1.09. The van der Waals surface area contributed by atoms with Crippen LogP contribution in [-0.2, 0) is 14.8 Å². The molecule has 18 heavy (non-hydrogen) atoms. The molecule has 0 rings (SSSR count). The molecule has 0 spiro atoms. The number of carbonyl (C=O) groups is 1. The van der Waals surface area contributed by atoms with Crippen LogP contribution < -0.4 is 15.8 Å². The van der Waals surface area contributed by atoms with Gasteiger partial charge in [0.1, 0.15) is 0 Å².